The molecule has 8 nitrogen and oxygen atoms in total. The molecule has 0 unspecified atom stereocenters. The average Bonchev–Trinajstić information content (AvgIpc) is 2.97. The molecule has 0 bridgehead atoms. The van der Waals surface area contributed by atoms with Crippen LogP contribution in [-0.4, -0.2) is 54.0 Å². The van der Waals surface area contributed by atoms with Gasteiger partial charge in [-0.25, -0.2) is 4.79 Å². The standard InChI is InChI=1S/C22H31N3O5/c1-5-22(6-2)20(28)25(21(29)24-22)13-19(27)30-14-18(26)23-12-11-16-7-9-17(10-8-16)15(3)4/h7-10,15H,5-6,11-14H2,1-4H3,(H,23,26)(H,24,29). The van der Waals surface area contributed by atoms with Crippen molar-refractivity contribution in [3.05, 3.63) is 35.4 Å². The molecule has 164 valence electrons. The van der Waals surface area contributed by atoms with Crippen LogP contribution in [0.4, 0.5) is 4.79 Å². The molecule has 0 atom stereocenters. The van der Waals surface area contributed by atoms with Gasteiger partial charge in [0.1, 0.15) is 12.1 Å². The minimum absolute atomic E-state index is 0.417. The fourth-order valence-electron chi connectivity index (χ4n) is 3.34. The number of carbonyl (C=O) groups excluding carboxylic acids is 4. The number of carbonyl (C=O) groups is 4. The Morgan fingerprint density at radius 2 is 1.77 bits per heavy atom. The summed E-state index contributed by atoms with van der Waals surface area (Å²) in [5.41, 5.74) is 1.39. The molecule has 1 aliphatic rings. The van der Waals surface area contributed by atoms with Crippen LogP contribution >= 0.6 is 0 Å². The quantitative estimate of drug-likeness (QED) is 0.448. The number of rotatable bonds is 10. The highest BCUT2D eigenvalue weighted by molar-refractivity contribution is 6.08. The van der Waals surface area contributed by atoms with Crippen molar-refractivity contribution in [1.29, 1.82) is 0 Å². The molecule has 4 amide bonds. The van der Waals surface area contributed by atoms with Crippen molar-refractivity contribution in [2.24, 2.45) is 0 Å². The van der Waals surface area contributed by atoms with Crippen molar-refractivity contribution in [2.75, 3.05) is 19.7 Å². The monoisotopic (exact) mass is 417 g/mol. The number of nitrogens with one attached hydrogen (secondary N) is 2. The van der Waals surface area contributed by atoms with Crippen LogP contribution in [0.5, 0.6) is 0 Å². The molecule has 2 rings (SSSR count). The van der Waals surface area contributed by atoms with E-state index in [9.17, 15) is 19.2 Å². The van der Waals surface area contributed by atoms with Gasteiger partial charge in [-0.05, 0) is 36.3 Å². The number of nitrogens with zero attached hydrogens (tertiary/aromatic N) is 1. The third-order valence-corrected chi connectivity index (χ3v) is 5.49. The third kappa shape index (κ3) is 5.58. The molecule has 2 N–H and O–H groups in total. The lowest BCUT2D eigenvalue weighted by Gasteiger charge is -2.22. The molecule has 0 radical (unpaired) electrons. The molecule has 1 aliphatic heterocycles. The van der Waals surface area contributed by atoms with Gasteiger partial charge in [0.25, 0.3) is 11.8 Å². The van der Waals surface area contributed by atoms with E-state index in [1.807, 2.05) is 12.1 Å². The molecule has 1 aromatic rings. The Labute approximate surface area is 177 Å². The van der Waals surface area contributed by atoms with Crippen LogP contribution < -0.4 is 10.6 Å². The fraction of sp³-hybridized carbons (Fsp3) is 0.545. The maximum absolute atomic E-state index is 12.5. The SMILES string of the molecule is CCC1(CC)NC(=O)N(CC(=O)OCC(=O)NCCc2ccc(C(C)C)cc2)C1=O. The molecule has 1 fully saturated rings. The third-order valence-electron chi connectivity index (χ3n) is 5.49. The van der Waals surface area contributed by atoms with Crippen LogP contribution in [0.15, 0.2) is 24.3 Å². The molecule has 0 aliphatic carbocycles. The Balaban J connectivity index is 1.72. The number of hydrogen-bond acceptors (Lipinski definition) is 5. The van der Waals surface area contributed by atoms with Crippen molar-refractivity contribution >= 4 is 23.8 Å². The molecule has 8 heteroatoms. The van der Waals surface area contributed by atoms with E-state index >= 15 is 0 Å². The lowest BCUT2D eigenvalue weighted by molar-refractivity contribution is -0.151. The second kappa shape index (κ2) is 10.2. The van der Waals surface area contributed by atoms with E-state index in [0.717, 1.165) is 10.5 Å². The van der Waals surface area contributed by atoms with Crippen molar-refractivity contribution in [3.8, 4) is 0 Å². The predicted molar refractivity (Wildman–Crippen MR) is 112 cm³/mol. The highest BCUT2D eigenvalue weighted by atomic mass is 16.5. The highest BCUT2D eigenvalue weighted by Crippen LogP contribution is 2.24. The second-order valence-electron chi connectivity index (χ2n) is 7.77. The van der Waals surface area contributed by atoms with Crippen molar-refractivity contribution in [3.63, 3.8) is 0 Å². The van der Waals surface area contributed by atoms with Gasteiger partial charge in [0.05, 0.1) is 0 Å². The molecule has 0 spiro atoms. The zero-order valence-corrected chi connectivity index (χ0v) is 18.1. The van der Waals surface area contributed by atoms with Gasteiger partial charge < -0.3 is 15.4 Å². The number of ether oxygens (including phenoxy) is 1. The van der Waals surface area contributed by atoms with Gasteiger partial charge in [-0.1, -0.05) is 52.0 Å². The largest absolute Gasteiger partial charge is 0.454 e. The summed E-state index contributed by atoms with van der Waals surface area (Å²) < 4.78 is 4.92. The first-order valence-electron chi connectivity index (χ1n) is 10.4. The minimum atomic E-state index is -0.970. The summed E-state index contributed by atoms with van der Waals surface area (Å²) in [5.74, 6) is -1.21. The summed E-state index contributed by atoms with van der Waals surface area (Å²) in [6.45, 7) is 7.31. The summed E-state index contributed by atoms with van der Waals surface area (Å²) in [5, 5.41) is 5.33. The van der Waals surface area contributed by atoms with Gasteiger partial charge in [-0.2, -0.15) is 0 Å². The molecule has 1 heterocycles. The summed E-state index contributed by atoms with van der Waals surface area (Å²) in [7, 11) is 0. The zero-order chi connectivity index (χ0) is 22.3. The second-order valence-corrected chi connectivity index (χ2v) is 7.77. The Morgan fingerprint density at radius 1 is 1.13 bits per heavy atom. The summed E-state index contributed by atoms with van der Waals surface area (Å²) >= 11 is 0. The topological polar surface area (TPSA) is 105 Å². The first-order valence-corrected chi connectivity index (χ1v) is 10.4. The van der Waals surface area contributed by atoms with Crippen LogP contribution in [0.25, 0.3) is 0 Å². The van der Waals surface area contributed by atoms with Gasteiger partial charge in [-0.3, -0.25) is 19.3 Å². The maximum Gasteiger partial charge on any atom is 0.326 e. The van der Waals surface area contributed by atoms with Crippen LogP contribution in [0.3, 0.4) is 0 Å². The Morgan fingerprint density at radius 3 is 2.30 bits per heavy atom. The van der Waals surface area contributed by atoms with Crippen molar-refractivity contribution in [1.82, 2.24) is 15.5 Å². The van der Waals surface area contributed by atoms with Crippen LogP contribution in [0, 0.1) is 0 Å². The van der Waals surface area contributed by atoms with E-state index in [1.54, 1.807) is 13.8 Å². The number of esters is 1. The predicted octanol–water partition coefficient (Wildman–Crippen LogP) is 2.12. The van der Waals surface area contributed by atoms with Crippen LogP contribution in [-0.2, 0) is 25.5 Å². The molecule has 0 saturated carbocycles. The van der Waals surface area contributed by atoms with Gasteiger partial charge in [0.2, 0.25) is 0 Å². The first-order chi connectivity index (χ1) is 14.2. The lowest BCUT2D eigenvalue weighted by atomic mass is 9.93. The molecule has 0 aromatic heterocycles. The average molecular weight is 418 g/mol. The Bertz CT molecular complexity index is 784. The van der Waals surface area contributed by atoms with E-state index in [0.29, 0.717) is 31.7 Å². The molecule has 30 heavy (non-hydrogen) atoms. The number of imide groups is 1. The Hall–Kier alpha value is -2.90. The zero-order valence-electron chi connectivity index (χ0n) is 18.1. The summed E-state index contributed by atoms with van der Waals surface area (Å²) in [6.07, 6.45) is 1.53. The van der Waals surface area contributed by atoms with Crippen molar-refractivity contribution < 1.29 is 23.9 Å². The molecule has 1 saturated heterocycles. The van der Waals surface area contributed by atoms with E-state index in [-0.39, 0.29) is 0 Å². The highest BCUT2D eigenvalue weighted by Gasteiger charge is 2.49. The summed E-state index contributed by atoms with van der Waals surface area (Å²) in [6, 6.07) is 7.60. The smallest absolute Gasteiger partial charge is 0.326 e. The summed E-state index contributed by atoms with van der Waals surface area (Å²) in [4.78, 5) is 49.2. The normalized spacial score (nSPS) is 15.3. The van der Waals surface area contributed by atoms with Gasteiger partial charge >= 0.3 is 12.0 Å². The van der Waals surface area contributed by atoms with Gasteiger partial charge in [-0.15, -0.1) is 0 Å². The van der Waals surface area contributed by atoms with E-state index in [4.69, 9.17) is 4.74 Å². The number of benzene rings is 1. The van der Waals surface area contributed by atoms with E-state index in [1.165, 1.54) is 5.56 Å². The maximum atomic E-state index is 12.5. The van der Waals surface area contributed by atoms with Crippen LogP contribution in [0.2, 0.25) is 0 Å². The molecule has 1 aromatic carbocycles. The lowest BCUT2D eigenvalue weighted by Crippen LogP contribution is -2.46. The van der Waals surface area contributed by atoms with Gasteiger partial charge in [0.15, 0.2) is 6.61 Å². The van der Waals surface area contributed by atoms with E-state index in [2.05, 4.69) is 36.6 Å². The molecular weight excluding hydrogens is 386 g/mol. The minimum Gasteiger partial charge on any atom is -0.454 e. The van der Waals surface area contributed by atoms with E-state index < -0.39 is 42.5 Å². The molecular formula is C22H31N3O5. The Kier molecular flexibility index (Phi) is 7.97. The van der Waals surface area contributed by atoms with Crippen molar-refractivity contribution in [2.45, 2.75) is 58.4 Å². The first kappa shape index (κ1) is 23.4. The number of hydrogen-bond donors (Lipinski definition) is 2. The number of urea groups is 1. The number of amides is 4. The van der Waals surface area contributed by atoms with Crippen LogP contribution in [0.1, 0.15) is 57.6 Å². The van der Waals surface area contributed by atoms with Gasteiger partial charge in [0, 0.05) is 6.54 Å². The fourth-order valence-corrected chi connectivity index (χ4v) is 3.34.